The van der Waals surface area contributed by atoms with Gasteiger partial charge in [0.2, 0.25) is 0 Å². The predicted molar refractivity (Wildman–Crippen MR) is 119 cm³/mol. The molecular weight excluding hydrogens is 394 g/mol. The van der Waals surface area contributed by atoms with Gasteiger partial charge in [-0.15, -0.1) is 0 Å². The molecule has 2 aromatic carbocycles. The second kappa shape index (κ2) is 9.08. The molecule has 3 N–H and O–H groups in total. The van der Waals surface area contributed by atoms with E-state index in [0.717, 1.165) is 28.5 Å². The van der Waals surface area contributed by atoms with Gasteiger partial charge in [0.25, 0.3) is 0 Å². The van der Waals surface area contributed by atoms with E-state index in [1.165, 1.54) is 0 Å². The van der Waals surface area contributed by atoms with E-state index >= 15 is 0 Å². The van der Waals surface area contributed by atoms with E-state index in [1.54, 1.807) is 30.7 Å². The number of benzene rings is 2. The summed E-state index contributed by atoms with van der Waals surface area (Å²) in [7, 11) is 0. The number of pyridine rings is 1. The number of nitrogens with zero attached hydrogens (tertiary/aromatic N) is 3. The fraction of sp³-hybridized carbons (Fsp3) is 0.130. The summed E-state index contributed by atoms with van der Waals surface area (Å²) in [6, 6.07) is 14.7. The van der Waals surface area contributed by atoms with Gasteiger partial charge in [0, 0.05) is 23.2 Å². The lowest BCUT2D eigenvalue weighted by molar-refractivity contribution is 0.210. The van der Waals surface area contributed by atoms with Crippen LogP contribution in [-0.2, 0) is 13.0 Å². The topological polar surface area (TPSA) is 109 Å². The highest BCUT2D eigenvalue weighted by Crippen LogP contribution is 2.32. The molecule has 0 spiro atoms. The van der Waals surface area contributed by atoms with Gasteiger partial charge < -0.3 is 15.2 Å². The molecule has 0 aliphatic heterocycles. The molecule has 0 fully saturated rings. The van der Waals surface area contributed by atoms with E-state index in [9.17, 15) is 4.79 Å². The molecule has 2 aromatic heterocycles. The Balaban J connectivity index is 1.51. The maximum atomic E-state index is 11.0. The fourth-order valence-corrected chi connectivity index (χ4v) is 3.18. The SMILES string of the molecule is CCc1cncc(Nc2cc(COc3ccc(NC(=O)O)c4ccccc34)ccn2)n1. The Morgan fingerprint density at radius 2 is 1.90 bits per heavy atom. The zero-order chi connectivity index (χ0) is 21.6. The van der Waals surface area contributed by atoms with E-state index in [2.05, 4.69) is 25.6 Å². The number of nitrogens with one attached hydrogen (secondary N) is 2. The van der Waals surface area contributed by atoms with E-state index in [1.807, 2.05) is 43.3 Å². The number of hydrogen-bond acceptors (Lipinski definition) is 6. The van der Waals surface area contributed by atoms with Crippen molar-refractivity contribution >= 4 is 34.2 Å². The number of aromatic nitrogens is 3. The number of amides is 1. The zero-order valence-electron chi connectivity index (χ0n) is 16.9. The molecule has 1 amide bonds. The summed E-state index contributed by atoms with van der Waals surface area (Å²) in [5, 5.41) is 16.2. The van der Waals surface area contributed by atoms with E-state index in [0.29, 0.717) is 29.7 Å². The van der Waals surface area contributed by atoms with Crippen molar-refractivity contribution in [3.05, 3.63) is 78.4 Å². The van der Waals surface area contributed by atoms with Crippen LogP contribution in [0.1, 0.15) is 18.2 Å². The third kappa shape index (κ3) is 4.87. The van der Waals surface area contributed by atoms with Crippen LogP contribution < -0.4 is 15.4 Å². The fourth-order valence-electron chi connectivity index (χ4n) is 3.18. The van der Waals surface area contributed by atoms with Gasteiger partial charge in [-0.3, -0.25) is 10.3 Å². The maximum Gasteiger partial charge on any atom is 0.409 e. The second-order valence-corrected chi connectivity index (χ2v) is 6.80. The van der Waals surface area contributed by atoms with Crippen LogP contribution in [0.3, 0.4) is 0 Å². The van der Waals surface area contributed by atoms with E-state index in [4.69, 9.17) is 9.84 Å². The standard InChI is InChI=1S/C23H21N5O3/c1-2-16-12-24-13-22(26-16)28-21-11-15(9-10-25-21)14-31-20-8-7-19(27-23(29)30)17-5-3-4-6-18(17)20/h3-13,27H,2,14H2,1H3,(H,29,30)(H,25,26,28). The van der Waals surface area contributed by atoms with Crippen molar-refractivity contribution in [2.75, 3.05) is 10.6 Å². The van der Waals surface area contributed by atoms with Crippen LogP contribution in [0.25, 0.3) is 10.8 Å². The number of carbonyl (C=O) groups is 1. The van der Waals surface area contributed by atoms with Gasteiger partial charge >= 0.3 is 6.09 Å². The highest BCUT2D eigenvalue weighted by Gasteiger charge is 2.09. The number of rotatable bonds is 7. The van der Waals surface area contributed by atoms with Gasteiger partial charge in [0.05, 0.1) is 17.6 Å². The first-order valence-corrected chi connectivity index (χ1v) is 9.79. The summed E-state index contributed by atoms with van der Waals surface area (Å²) < 4.78 is 6.05. The molecule has 0 saturated heterocycles. The molecule has 2 heterocycles. The zero-order valence-corrected chi connectivity index (χ0v) is 16.9. The third-order valence-corrected chi connectivity index (χ3v) is 4.65. The van der Waals surface area contributed by atoms with Crippen LogP contribution in [0.5, 0.6) is 5.75 Å². The minimum atomic E-state index is -1.11. The lowest BCUT2D eigenvalue weighted by atomic mass is 10.1. The largest absolute Gasteiger partial charge is 0.488 e. The minimum absolute atomic E-state index is 0.327. The molecule has 0 atom stereocenters. The van der Waals surface area contributed by atoms with Crippen LogP contribution in [0.4, 0.5) is 22.1 Å². The van der Waals surface area contributed by atoms with Crippen molar-refractivity contribution in [3.63, 3.8) is 0 Å². The summed E-state index contributed by atoms with van der Waals surface area (Å²) in [6.07, 6.45) is 4.80. The average Bonchev–Trinajstić information content (AvgIpc) is 2.79. The summed E-state index contributed by atoms with van der Waals surface area (Å²) in [6.45, 7) is 2.35. The lowest BCUT2D eigenvalue weighted by Crippen LogP contribution is -2.07. The van der Waals surface area contributed by atoms with Gasteiger partial charge in [-0.25, -0.2) is 14.8 Å². The molecule has 0 aliphatic rings. The molecule has 156 valence electrons. The van der Waals surface area contributed by atoms with Crippen LogP contribution >= 0.6 is 0 Å². The highest BCUT2D eigenvalue weighted by molar-refractivity contribution is 6.02. The first kappa shape index (κ1) is 20.1. The smallest absolute Gasteiger partial charge is 0.409 e. The Bertz CT molecular complexity index is 1230. The van der Waals surface area contributed by atoms with Crippen molar-refractivity contribution < 1.29 is 14.6 Å². The summed E-state index contributed by atoms with van der Waals surface area (Å²) in [4.78, 5) is 24.0. The average molecular weight is 415 g/mol. The van der Waals surface area contributed by atoms with Crippen molar-refractivity contribution in [1.29, 1.82) is 0 Å². The van der Waals surface area contributed by atoms with Crippen LogP contribution in [0.2, 0.25) is 0 Å². The number of fused-ring (bicyclic) bond motifs is 1. The number of carboxylic acid groups (broad SMARTS) is 1. The first-order chi connectivity index (χ1) is 15.1. The van der Waals surface area contributed by atoms with Crippen LogP contribution in [0, 0.1) is 0 Å². The molecule has 8 heteroatoms. The normalized spacial score (nSPS) is 10.6. The molecule has 0 radical (unpaired) electrons. The Kier molecular flexibility index (Phi) is 5.89. The Morgan fingerprint density at radius 3 is 2.71 bits per heavy atom. The second-order valence-electron chi connectivity index (χ2n) is 6.80. The predicted octanol–water partition coefficient (Wildman–Crippen LogP) is 5.00. The third-order valence-electron chi connectivity index (χ3n) is 4.65. The Labute approximate surface area is 179 Å². The number of hydrogen-bond donors (Lipinski definition) is 3. The van der Waals surface area contributed by atoms with Crippen molar-refractivity contribution in [3.8, 4) is 5.75 Å². The van der Waals surface area contributed by atoms with Crippen LogP contribution in [0.15, 0.2) is 67.1 Å². The molecule has 0 aliphatic carbocycles. The molecule has 0 saturated carbocycles. The molecule has 0 unspecified atom stereocenters. The van der Waals surface area contributed by atoms with E-state index < -0.39 is 6.09 Å². The van der Waals surface area contributed by atoms with Gasteiger partial charge in [0.15, 0.2) is 0 Å². The Hall–Kier alpha value is -4.20. The van der Waals surface area contributed by atoms with Crippen LogP contribution in [-0.4, -0.2) is 26.2 Å². The van der Waals surface area contributed by atoms with Gasteiger partial charge in [-0.2, -0.15) is 0 Å². The first-order valence-electron chi connectivity index (χ1n) is 9.79. The quantitative estimate of drug-likeness (QED) is 0.390. The summed E-state index contributed by atoms with van der Waals surface area (Å²) in [5.41, 5.74) is 2.34. The molecule has 0 bridgehead atoms. The van der Waals surface area contributed by atoms with Crippen molar-refractivity contribution in [2.24, 2.45) is 0 Å². The summed E-state index contributed by atoms with van der Waals surface area (Å²) in [5.74, 6) is 1.95. The highest BCUT2D eigenvalue weighted by atomic mass is 16.5. The molecule has 4 aromatic rings. The maximum absolute atomic E-state index is 11.0. The van der Waals surface area contributed by atoms with E-state index in [-0.39, 0.29) is 0 Å². The minimum Gasteiger partial charge on any atom is -0.488 e. The number of aryl methyl sites for hydroxylation is 1. The summed E-state index contributed by atoms with van der Waals surface area (Å²) >= 11 is 0. The van der Waals surface area contributed by atoms with Gasteiger partial charge in [-0.05, 0) is 36.2 Å². The monoisotopic (exact) mass is 415 g/mol. The van der Waals surface area contributed by atoms with Gasteiger partial charge in [-0.1, -0.05) is 31.2 Å². The Morgan fingerprint density at radius 1 is 1.06 bits per heavy atom. The molecule has 31 heavy (non-hydrogen) atoms. The van der Waals surface area contributed by atoms with Gasteiger partial charge in [0.1, 0.15) is 24.0 Å². The molecule has 4 rings (SSSR count). The molecular formula is C23H21N5O3. The number of anilines is 3. The van der Waals surface area contributed by atoms with Crippen molar-refractivity contribution in [2.45, 2.75) is 20.0 Å². The molecule has 8 nitrogen and oxygen atoms in total. The number of ether oxygens (including phenoxy) is 1. The lowest BCUT2D eigenvalue weighted by Gasteiger charge is -2.13. The van der Waals surface area contributed by atoms with Crippen molar-refractivity contribution in [1.82, 2.24) is 15.0 Å².